The SMILES string of the molecule is CC1(CNC(=O)CCN2C(=O)NC3(CCCC3)C2=O)CCNCC1.Cl. The molecule has 142 valence electrons. The van der Waals surface area contributed by atoms with Crippen molar-refractivity contribution < 1.29 is 14.4 Å². The van der Waals surface area contributed by atoms with Gasteiger partial charge in [-0.15, -0.1) is 12.4 Å². The molecular weight excluding hydrogens is 344 g/mol. The highest BCUT2D eigenvalue weighted by Gasteiger charge is 2.52. The lowest BCUT2D eigenvalue weighted by Crippen LogP contribution is -2.45. The lowest BCUT2D eigenvalue weighted by molar-refractivity contribution is -0.131. The summed E-state index contributed by atoms with van der Waals surface area (Å²) < 4.78 is 0. The third-order valence-electron chi connectivity index (χ3n) is 5.79. The van der Waals surface area contributed by atoms with Gasteiger partial charge >= 0.3 is 6.03 Å². The van der Waals surface area contributed by atoms with Crippen LogP contribution < -0.4 is 16.0 Å². The molecule has 7 nitrogen and oxygen atoms in total. The van der Waals surface area contributed by atoms with Crippen molar-refractivity contribution in [3.63, 3.8) is 0 Å². The summed E-state index contributed by atoms with van der Waals surface area (Å²) in [5.74, 6) is -0.245. The van der Waals surface area contributed by atoms with Gasteiger partial charge in [0.05, 0.1) is 0 Å². The van der Waals surface area contributed by atoms with Gasteiger partial charge in [-0.1, -0.05) is 19.8 Å². The standard InChI is InChI=1S/C17H28N4O3.ClH/c1-16(7-9-18-10-8-16)12-19-13(22)4-11-21-14(23)17(20-15(21)24)5-2-3-6-17;/h18H,2-12H2,1H3,(H,19,22)(H,20,24);1H. The smallest absolute Gasteiger partial charge is 0.325 e. The second-order valence-electron chi connectivity index (χ2n) is 7.76. The van der Waals surface area contributed by atoms with E-state index in [-0.39, 0.29) is 48.6 Å². The first-order valence-electron chi connectivity index (χ1n) is 9.06. The quantitative estimate of drug-likeness (QED) is 0.632. The Hall–Kier alpha value is -1.34. The van der Waals surface area contributed by atoms with E-state index < -0.39 is 5.54 Å². The number of nitrogens with zero attached hydrogens (tertiary/aromatic N) is 1. The van der Waals surface area contributed by atoms with E-state index in [0.717, 1.165) is 38.8 Å². The van der Waals surface area contributed by atoms with Crippen LogP contribution in [0.4, 0.5) is 4.79 Å². The van der Waals surface area contributed by atoms with Gasteiger partial charge in [0.15, 0.2) is 0 Å². The second-order valence-corrected chi connectivity index (χ2v) is 7.76. The predicted molar refractivity (Wildman–Crippen MR) is 96.5 cm³/mol. The van der Waals surface area contributed by atoms with Crippen molar-refractivity contribution in [1.82, 2.24) is 20.9 Å². The highest BCUT2D eigenvalue weighted by atomic mass is 35.5. The number of hydrogen-bond acceptors (Lipinski definition) is 4. The topological polar surface area (TPSA) is 90.5 Å². The van der Waals surface area contributed by atoms with Gasteiger partial charge in [-0.3, -0.25) is 14.5 Å². The minimum atomic E-state index is -0.684. The molecule has 0 aromatic heterocycles. The lowest BCUT2D eigenvalue weighted by Gasteiger charge is -2.34. The van der Waals surface area contributed by atoms with Crippen molar-refractivity contribution in [2.24, 2.45) is 5.41 Å². The summed E-state index contributed by atoms with van der Waals surface area (Å²) in [5.41, 5.74) is -0.550. The van der Waals surface area contributed by atoms with Gasteiger partial charge in [0.25, 0.3) is 5.91 Å². The molecule has 8 heteroatoms. The van der Waals surface area contributed by atoms with Crippen LogP contribution in [-0.4, -0.2) is 54.5 Å². The van der Waals surface area contributed by atoms with Gasteiger partial charge in [-0.05, 0) is 44.2 Å². The number of imide groups is 1. The minimum Gasteiger partial charge on any atom is -0.355 e. The fourth-order valence-corrected chi connectivity index (χ4v) is 4.02. The molecule has 2 saturated heterocycles. The molecule has 1 saturated carbocycles. The third kappa shape index (κ3) is 4.26. The van der Waals surface area contributed by atoms with Crippen LogP contribution in [0.3, 0.4) is 0 Å². The Morgan fingerprint density at radius 1 is 1.16 bits per heavy atom. The van der Waals surface area contributed by atoms with E-state index >= 15 is 0 Å². The number of amides is 4. The van der Waals surface area contributed by atoms with Crippen molar-refractivity contribution in [1.29, 1.82) is 0 Å². The Morgan fingerprint density at radius 2 is 1.80 bits per heavy atom. The molecule has 3 fully saturated rings. The summed E-state index contributed by atoms with van der Waals surface area (Å²) >= 11 is 0. The minimum absolute atomic E-state index is 0. The van der Waals surface area contributed by atoms with E-state index in [0.29, 0.717) is 19.4 Å². The maximum Gasteiger partial charge on any atom is 0.325 e. The molecule has 2 aliphatic heterocycles. The van der Waals surface area contributed by atoms with Gasteiger partial charge in [0, 0.05) is 19.5 Å². The molecule has 4 amide bonds. The number of halogens is 1. The summed E-state index contributed by atoms with van der Waals surface area (Å²) in [6.07, 6.45) is 5.62. The molecule has 3 rings (SSSR count). The average molecular weight is 373 g/mol. The molecule has 0 aromatic rings. The molecule has 1 spiro atoms. The van der Waals surface area contributed by atoms with Crippen LogP contribution in [0, 0.1) is 5.41 Å². The van der Waals surface area contributed by atoms with Crippen LogP contribution in [0.5, 0.6) is 0 Å². The Kier molecular flexibility index (Phi) is 6.32. The summed E-state index contributed by atoms with van der Waals surface area (Å²) in [5, 5.41) is 9.13. The summed E-state index contributed by atoms with van der Waals surface area (Å²) in [4.78, 5) is 37.9. The van der Waals surface area contributed by atoms with Crippen LogP contribution in [0.15, 0.2) is 0 Å². The number of carbonyl (C=O) groups excluding carboxylic acids is 3. The zero-order valence-corrected chi connectivity index (χ0v) is 15.7. The molecule has 3 aliphatic rings. The van der Waals surface area contributed by atoms with Crippen molar-refractivity contribution in [2.45, 2.75) is 57.4 Å². The Labute approximate surface area is 155 Å². The van der Waals surface area contributed by atoms with Gasteiger partial charge in [-0.2, -0.15) is 0 Å². The fourth-order valence-electron chi connectivity index (χ4n) is 4.02. The van der Waals surface area contributed by atoms with E-state index in [1.807, 2.05) is 0 Å². The van der Waals surface area contributed by atoms with E-state index in [1.54, 1.807) is 0 Å². The van der Waals surface area contributed by atoms with Crippen LogP contribution in [0.1, 0.15) is 51.9 Å². The van der Waals surface area contributed by atoms with Crippen molar-refractivity contribution in [3.8, 4) is 0 Å². The Balaban J connectivity index is 0.00000225. The van der Waals surface area contributed by atoms with E-state index in [9.17, 15) is 14.4 Å². The van der Waals surface area contributed by atoms with Crippen molar-refractivity contribution >= 4 is 30.3 Å². The maximum atomic E-state index is 12.5. The average Bonchev–Trinajstić information content (AvgIpc) is 3.11. The van der Waals surface area contributed by atoms with Crippen molar-refractivity contribution in [2.75, 3.05) is 26.2 Å². The fraction of sp³-hybridized carbons (Fsp3) is 0.824. The summed E-state index contributed by atoms with van der Waals surface area (Å²) in [7, 11) is 0. The molecule has 0 radical (unpaired) electrons. The number of nitrogens with one attached hydrogen (secondary N) is 3. The molecular formula is C17H29ClN4O3. The number of piperidine rings is 1. The number of hydrogen-bond donors (Lipinski definition) is 3. The number of rotatable bonds is 5. The molecule has 3 N–H and O–H groups in total. The third-order valence-corrected chi connectivity index (χ3v) is 5.79. The Morgan fingerprint density at radius 3 is 2.44 bits per heavy atom. The molecule has 2 heterocycles. The Bertz CT molecular complexity index is 528. The summed E-state index contributed by atoms with van der Waals surface area (Å²) in [6.45, 7) is 4.97. The largest absolute Gasteiger partial charge is 0.355 e. The van der Waals surface area contributed by atoms with Crippen LogP contribution in [0.25, 0.3) is 0 Å². The first kappa shape index (κ1) is 20.0. The van der Waals surface area contributed by atoms with E-state index in [1.165, 1.54) is 4.90 Å². The molecule has 0 aromatic carbocycles. The monoisotopic (exact) mass is 372 g/mol. The normalized spacial score (nSPS) is 24.1. The lowest BCUT2D eigenvalue weighted by atomic mass is 9.81. The summed E-state index contributed by atoms with van der Waals surface area (Å²) in [6, 6.07) is -0.347. The first-order chi connectivity index (χ1) is 11.4. The number of urea groups is 1. The molecule has 0 bridgehead atoms. The number of carbonyl (C=O) groups is 3. The van der Waals surface area contributed by atoms with Crippen LogP contribution >= 0.6 is 12.4 Å². The van der Waals surface area contributed by atoms with Gasteiger partial charge in [0.1, 0.15) is 5.54 Å². The molecule has 0 atom stereocenters. The van der Waals surface area contributed by atoms with Gasteiger partial charge in [-0.25, -0.2) is 4.79 Å². The predicted octanol–water partition coefficient (Wildman–Crippen LogP) is 1.17. The molecule has 0 unspecified atom stereocenters. The molecule has 25 heavy (non-hydrogen) atoms. The van der Waals surface area contributed by atoms with Gasteiger partial charge in [0.2, 0.25) is 5.91 Å². The van der Waals surface area contributed by atoms with E-state index in [2.05, 4.69) is 22.9 Å². The maximum absolute atomic E-state index is 12.5. The zero-order valence-electron chi connectivity index (χ0n) is 14.9. The highest BCUT2D eigenvalue weighted by molar-refractivity contribution is 6.07. The van der Waals surface area contributed by atoms with Gasteiger partial charge < -0.3 is 16.0 Å². The second kappa shape index (κ2) is 7.91. The van der Waals surface area contributed by atoms with Crippen LogP contribution in [0.2, 0.25) is 0 Å². The van der Waals surface area contributed by atoms with Crippen molar-refractivity contribution in [3.05, 3.63) is 0 Å². The zero-order chi connectivity index (χ0) is 17.2. The highest BCUT2D eigenvalue weighted by Crippen LogP contribution is 2.35. The molecule has 1 aliphatic carbocycles. The first-order valence-corrected chi connectivity index (χ1v) is 9.06. The van der Waals surface area contributed by atoms with Crippen LogP contribution in [-0.2, 0) is 9.59 Å². The van der Waals surface area contributed by atoms with E-state index in [4.69, 9.17) is 0 Å².